The first-order chi connectivity index (χ1) is 24.6. The highest BCUT2D eigenvalue weighted by Crippen LogP contribution is 2.42. The largest absolute Gasteiger partial charge is 0.512 e. The topological polar surface area (TPSA) is 299 Å². The maximum atomic E-state index is 13.5. The van der Waals surface area contributed by atoms with E-state index in [1.807, 2.05) is 0 Å². The van der Waals surface area contributed by atoms with Gasteiger partial charge in [-0.15, -0.1) is 34.9 Å². The number of oxime groups is 1. The predicted molar refractivity (Wildman–Crippen MR) is 183 cm³/mol. The van der Waals surface area contributed by atoms with E-state index < -0.39 is 73.2 Å². The number of ether oxygens (including phenoxy) is 1. The number of carboxylic acids is 1. The lowest BCUT2D eigenvalue weighted by atomic mass is 10.1. The van der Waals surface area contributed by atoms with Gasteiger partial charge in [0.05, 0.1) is 11.1 Å². The molecule has 52 heavy (non-hydrogen) atoms. The molecule has 0 radical (unpaired) electrons. The lowest BCUT2D eigenvalue weighted by Gasteiger charge is -2.49. The number of phenols is 2. The van der Waals surface area contributed by atoms with Gasteiger partial charge in [-0.05, 0) is 25.1 Å². The van der Waals surface area contributed by atoms with Crippen molar-refractivity contribution in [2.75, 3.05) is 23.2 Å². The van der Waals surface area contributed by atoms with Crippen molar-refractivity contribution < 1.29 is 57.6 Å². The highest BCUT2D eigenvalue weighted by atomic mass is 32.2. The second kappa shape index (κ2) is 14.2. The molecule has 4 aromatic rings. The Morgan fingerprint density at radius 3 is 2.62 bits per heavy atom. The molecule has 20 nitrogen and oxygen atoms in total. The second-order valence-corrected chi connectivity index (χ2v) is 15.7. The minimum atomic E-state index is -4.24. The highest BCUT2D eigenvalue weighted by molar-refractivity contribution is 8.01. The molecule has 2 aliphatic rings. The number of thiazole rings is 1. The van der Waals surface area contributed by atoms with E-state index in [9.17, 15) is 48.0 Å². The fourth-order valence-corrected chi connectivity index (χ4v) is 8.76. The molecule has 2 atom stereocenters. The van der Waals surface area contributed by atoms with E-state index in [1.54, 1.807) is 13.0 Å². The van der Waals surface area contributed by atoms with Crippen molar-refractivity contribution in [1.82, 2.24) is 29.8 Å². The molecule has 1 saturated heterocycles. The van der Waals surface area contributed by atoms with Crippen LogP contribution in [0.15, 0.2) is 62.4 Å². The molecule has 6 rings (SSSR count). The van der Waals surface area contributed by atoms with Crippen LogP contribution in [0.5, 0.6) is 11.5 Å². The summed E-state index contributed by atoms with van der Waals surface area (Å²) < 4.78 is 31.8. The number of aromatic carboxylic acids is 1. The van der Waals surface area contributed by atoms with Gasteiger partial charge in [0.25, 0.3) is 11.8 Å². The zero-order valence-corrected chi connectivity index (χ0v) is 29.5. The third kappa shape index (κ3) is 7.12. The van der Waals surface area contributed by atoms with Crippen LogP contribution in [0.3, 0.4) is 0 Å². The van der Waals surface area contributed by atoms with Gasteiger partial charge in [0.2, 0.25) is 21.7 Å². The molecule has 1 fully saturated rings. The summed E-state index contributed by atoms with van der Waals surface area (Å²) in [6, 6.07) is 3.26. The van der Waals surface area contributed by atoms with Crippen LogP contribution >= 0.6 is 34.9 Å². The van der Waals surface area contributed by atoms with Gasteiger partial charge in [0.1, 0.15) is 27.7 Å². The second-order valence-electron chi connectivity index (χ2n) is 10.8. The molecule has 7 N–H and O–H groups in total. The van der Waals surface area contributed by atoms with Crippen molar-refractivity contribution in [3.63, 3.8) is 0 Å². The number of amides is 2. The molecule has 0 aliphatic carbocycles. The summed E-state index contributed by atoms with van der Waals surface area (Å²) in [6.07, 6.45) is -0.504. The number of anilines is 1. The van der Waals surface area contributed by atoms with Gasteiger partial charge in [0.15, 0.2) is 28.0 Å². The van der Waals surface area contributed by atoms with Gasteiger partial charge in [-0.2, -0.15) is 5.10 Å². The number of nitrogens with two attached hydrogens (primary N) is 1. The SMILES string of the molecule is Cc1cc(SCC2=C(OC(=O)O)N3C(=O)[C@@H](NC(=O)/C(=N\OCS(=O)(=O)c4ccc(O)c(O)c4)c4csc(N)n4)[C@H]3SC2)nc2c(C(=O)O)cnn12. The molecule has 0 unspecified atom stereocenters. The number of carbonyl (C=O) groups excluding carboxylic acids is 2. The number of hydrogen-bond acceptors (Lipinski definition) is 18. The number of nitrogens with one attached hydrogen (secondary N) is 1. The number of carboxylic acid groups (broad SMARTS) is 2. The zero-order chi connectivity index (χ0) is 37.5. The van der Waals surface area contributed by atoms with Crippen molar-refractivity contribution in [1.29, 1.82) is 0 Å². The monoisotopic (exact) mass is 792 g/mol. The van der Waals surface area contributed by atoms with Crippen LogP contribution in [0.4, 0.5) is 9.93 Å². The summed E-state index contributed by atoms with van der Waals surface area (Å²) in [5.74, 6) is -5.21. The van der Waals surface area contributed by atoms with E-state index in [2.05, 4.69) is 25.5 Å². The Morgan fingerprint density at radius 2 is 1.94 bits per heavy atom. The van der Waals surface area contributed by atoms with Gasteiger partial charge in [-0.1, -0.05) is 5.16 Å². The first-order valence-corrected chi connectivity index (χ1v) is 19.0. The van der Waals surface area contributed by atoms with Gasteiger partial charge in [0, 0.05) is 34.2 Å². The fraction of sp³-hybridized carbons (Fsp3) is 0.214. The van der Waals surface area contributed by atoms with E-state index in [0.29, 0.717) is 16.3 Å². The minimum absolute atomic E-state index is 0.0419. The Bertz CT molecular complexity index is 2320. The number of phenolic OH excluding ortho intramolecular Hbond substituents is 2. The molecular formula is C28H24N8O12S4. The zero-order valence-electron chi connectivity index (χ0n) is 26.2. The quantitative estimate of drug-likeness (QED) is 0.0225. The van der Waals surface area contributed by atoms with E-state index in [4.69, 9.17) is 15.3 Å². The Hall–Kier alpha value is -5.59. The standard InChI is InChI=1S/C28H24N8O12S4/c1-11-4-18(32-21-14(26(41)42)6-30-36(11)21)49-7-12-8-50-25-20(23(40)35(25)24(12)48-28(43)44)33-22(39)19(15-9-51-27(29)31-15)34-47-10-52(45,46)13-2-3-16(37)17(38)5-13/h2-6,9,20,25,37-38H,7-8,10H2,1H3,(H2,29,31)(H,33,39)(H,41,42)(H,43,44)/b34-19-/t20-,25-/m1/s1. The molecule has 1 aromatic carbocycles. The predicted octanol–water partition coefficient (Wildman–Crippen LogP) is 1.44. The number of aromatic nitrogens is 4. The molecule has 0 bridgehead atoms. The molecule has 2 amide bonds. The summed E-state index contributed by atoms with van der Waals surface area (Å²) in [4.78, 5) is 64.2. The number of benzene rings is 1. The number of sulfone groups is 1. The molecule has 0 saturated carbocycles. The molecule has 24 heteroatoms. The lowest BCUT2D eigenvalue weighted by Crippen LogP contribution is -2.70. The maximum absolute atomic E-state index is 13.5. The number of nitrogens with zero attached hydrogens (tertiary/aromatic N) is 6. The van der Waals surface area contributed by atoms with Crippen LogP contribution in [0.25, 0.3) is 5.65 Å². The van der Waals surface area contributed by atoms with Crippen molar-refractivity contribution in [3.05, 3.63) is 64.2 Å². The van der Waals surface area contributed by atoms with Gasteiger partial charge < -0.3 is 41.1 Å². The van der Waals surface area contributed by atoms with Gasteiger partial charge >= 0.3 is 12.1 Å². The number of carbonyl (C=O) groups is 4. The minimum Gasteiger partial charge on any atom is -0.504 e. The Labute approximate surface area is 303 Å². The highest BCUT2D eigenvalue weighted by Gasteiger charge is 2.54. The van der Waals surface area contributed by atoms with Crippen LogP contribution in [0.2, 0.25) is 0 Å². The number of aryl methyl sites for hydroxylation is 1. The maximum Gasteiger partial charge on any atom is 0.512 e. The van der Waals surface area contributed by atoms with Crippen molar-refractivity contribution in [3.8, 4) is 11.5 Å². The first kappa shape index (κ1) is 36.2. The average Bonchev–Trinajstić information content (AvgIpc) is 3.72. The fourth-order valence-electron chi connectivity index (χ4n) is 4.91. The van der Waals surface area contributed by atoms with Crippen LogP contribution < -0.4 is 11.1 Å². The van der Waals surface area contributed by atoms with Crippen LogP contribution in [-0.2, 0) is 29.0 Å². The van der Waals surface area contributed by atoms with E-state index in [1.165, 1.54) is 27.9 Å². The molecule has 272 valence electrons. The molecule has 0 spiro atoms. The Kier molecular flexibility index (Phi) is 9.89. The number of hydrogen-bond donors (Lipinski definition) is 6. The average molecular weight is 793 g/mol. The van der Waals surface area contributed by atoms with Crippen molar-refractivity contribution in [2.45, 2.75) is 28.3 Å². The molecule has 3 aromatic heterocycles. The summed E-state index contributed by atoms with van der Waals surface area (Å²) >= 11 is 3.30. The van der Waals surface area contributed by atoms with Crippen molar-refractivity contribution in [2.24, 2.45) is 5.16 Å². The van der Waals surface area contributed by atoms with Gasteiger partial charge in [-0.3, -0.25) is 14.5 Å². The smallest absolute Gasteiger partial charge is 0.504 e. The first-order valence-electron chi connectivity index (χ1n) is 14.4. The van der Waals surface area contributed by atoms with Crippen LogP contribution in [-0.4, -0.2) is 112 Å². The Morgan fingerprint density at radius 1 is 1.17 bits per heavy atom. The number of β-lactam (4-membered cyclic amide) rings is 1. The third-order valence-electron chi connectivity index (χ3n) is 7.36. The summed E-state index contributed by atoms with van der Waals surface area (Å²) in [6.45, 7) is 1.71. The summed E-state index contributed by atoms with van der Waals surface area (Å²) in [7, 11) is -4.24. The number of nitrogen functional groups attached to an aromatic ring is 1. The molecule has 5 heterocycles. The number of rotatable bonds is 12. The van der Waals surface area contributed by atoms with Crippen molar-refractivity contribution >= 4 is 85.1 Å². The normalized spacial score (nSPS) is 17.4. The lowest BCUT2D eigenvalue weighted by molar-refractivity contribution is -0.148. The van der Waals surface area contributed by atoms with E-state index >= 15 is 0 Å². The molecular weight excluding hydrogens is 769 g/mol. The number of thioether (sulfide) groups is 2. The van der Waals surface area contributed by atoms with E-state index in [0.717, 1.165) is 46.2 Å². The van der Waals surface area contributed by atoms with Gasteiger partial charge in [-0.25, -0.2) is 32.5 Å². The number of aromatic hydroxyl groups is 2. The third-order valence-corrected chi connectivity index (χ3v) is 11.8. The summed E-state index contributed by atoms with van der Waals surface area (Å²) in [5.41, 5.74) is 6.12. The molecule has 2 aliphatic heterocycles. The Balaban J connectivity index is 1.18. The van der Waals surface area contributed by atoms with Crippen LogP contribution in [0.1, 0.15) is 21.7 Å². The van der Waals surface area contributed by atoms with E-state index in [-0.39, 0.29) is 39.4 Å². The number of fused-ring (bicyclic) bond motifs is 2. The summed E-state index contributed by atoms with van der Waals surface area (Å²) in [5, 5.41) is 49.3. The van der Waals surface area contributed by atoms with Crippen LogP contribution in [0, 0.1) is 6.92 Å².